The van der Waals surface area contributed by atoms with Gasteiger partial charge in [0.25, 0.3) is 0 Å². The summed E-state index contributed by atoms with van der Waals surface area (Å²) in [5.74, 6) is -1.02. The lowest BCUT2D eigenvalue weighted by atomic mass is 9.80. The van der Waals surface area contributed by atoms with Crippen molar-refractivity contribution in [2.24, 2.45) is 22.7 Å². The first-order valence-corrected chi connectivity index (χ1v) is 20.0. The summed E-state index contributed by atoms with van der Waals surface area (Å²) in [4.78, 5) is 41.6. The van der Waals surface area contributed by atoms with Gasteiger partial charge in [-0.05, 0) is 94.1 Å². The number of ether oxygens (including phenoxy) is 6. The fourth-order valence-electron chi connectivity index (χ4n) is 6.90. The summed E-state index contributed by atoms with van der Waals surface area (Å²) in [7, 11) is 0.435. The topological polar surface area (TPSA) is 116 Å². The molecule has 3 atom stereocenters. The predicted octanol–water partition coefficient (Wildman–Crippen LogP) is 8.96. The molecule has 1 aliphatic rings. The van der Waals surface area contributed by atoms with Crippen LogP contribution in [0.15, 0.2) is 36.4 Å². The van der Waals surface area contributed by atoms with E-state index in [1.807, 2.05) is 12.1 Å². The van der Waals surface area contributed by atoms with Crippen molar-refractivity contribution >= 4 is 26.0 Å². The number of esters is 2. The van der Waals surface area contributed by atoms with E-state index >= 15 is 0 Å². The van der Waals surface area contributed by atoms with Gasteiger partial charge in [0.15, 0.2) is 28.8 Å². The van der Waals surface area contributed by atoms with Gasteiger partial charge in [0.2, 0.25) is 15.1 Å². The highest BCUT2D eigenvalue weighted by Gasteiger charge is 2.50. The van der Waals surface area contributed by atoms with E-state index in [1.165, 1.54) is 0 Å². The van der Waals surface area contributed by atoms with E-state index in [2.05, 4.69) is 41.5 Å². The van der Waals surface area contributed by atoms with Gasteiger partial charge in [0, 0.05) is 11.5 Å². The normalized spacial score (nSPS) is 15.1. The Morgan fingerprint density at radius 2 is 1.24 bits per heavy atom. The Morgan fingerprint density at radius 1 is 0.706 bits per heavy atom. The zero-order valence-corrected chi connectivity index (χ0v) is 34.1. The number of carbonyl (C=O) groups excluding carboxylic acids is 3. The molecule has 0 fully saturated rings. The van der Waals surface area contributed by atoms with Gasteiger partial charge in [-0.3, -0.25) is 14.4 Å². The molecule has 3 rings (SSSR count). The molecule has 284 valence electrons. The summed E-state index contributed by atoms with van der Waals surface area (Å²) in [5.41, 5.74) is -0.0388. The first-order chi connectivity index (χ1) is 23.7. The largest absolute Gasteiger partial charge is 0.493 e. The number of hydrogen-bond acceptors (Lipinski definition) is 10. The maximum Gasteiger partial charge on any atom is 0.311 e. The van der Waals surface area contributed by atoms with Crippen LogP contribution in [0, 0.1) is 22.7 Å². The van der Waals surface area contributed by atoms with E-state index in [-0.39, 0.29) is 42.4 Å². The van der Waals surface area contributed by atoms with Crippen molar-refractivity contribution in [1.29, 1.82) is 0 Å². The molecule has 0 aromatic heterocycles. The lowest BCUT2D eigenvalue weighted by Gasteiger charge is -2.47. The van der Waals surface area contributed by atoms with E-state index in [1.54, 1.807) is 80.0 Å². The van der Waals surface area contributed by atoms with Crippen LogP contribution in [0.3, 0.4) is 0 Å². The van der Waals surface area contributed by atoms with Crippen molar-refractivity contribution in [1.82, 2.24) is 0 Å². The summed E-state index contributed by atoms with van der Waals surface area (Å²) < 4.78 is 42.1. The summed E-state index contributed by atoms with van der Waals surface area (Å²) in [6.45, 7) is 23.3. The minimum absolute atomic E-state index is 0.0481. The maximum atomic E-state index is 14.9. The number of benzene rings is 2. The van der Waals surface area contributed by atoms with Crippen molar-refractivity contribution in [2.75, 3.05) is 34.2 Å². The van der Waals surface area contributed by atoms with Gasteiger partial charge < -0.3 is 32.8 Å². The molecule has 2 aromatic carbocycles. The monoisotopic (exact) mass is 728 g/mol. The Kier molecular flexibility index (Phi) is 13.8. The van der Waals surface area contributed by atoms with Crippen molar-refractivity contribution in [3.8, 4) is 23.0 Å². The number of methoxy groups -OCH3 is 2. The molecule has 1 aliphatic heterocycles. The molecule has 51 heavy (non-hydrogen) atoms. The molecule has 2 aromatic rings. The van der Waals surface area contributed by atoms with Crippen LogP contribution in [0.5, 0.6) is 23.0 Å². The molecule has 10 nitrogen and oxygen atoms in total. The Labute approximate surface area is 305 Å². The molecule has 0 aliphatic carbocycles. The Bertz CT molecular complexity index is 1500. The number of rotatable bonds is 16. The van der Waals surface area contributed by atoms with E-state index in [4.69, 9.17) is 32.8 Å². The van der Waals surface area contributed by atoms with Crippen LogP contribution >= 0.6 is 0 Å². The molecule has 0 saturated heterocycles. The fourth-order valence-corrected chi connectivity index (χ4v) is 12.5. The second-order valence-electron chi connectivity index (χ2n) is 16.4. The van der Waals surface area contributed by atoms with Crippen LogP contribution in [-0.2, 0) is 23.5 Å². The summed E-state index contributed by atoms with van der Waals surface area (Å²) in [6, 6.07) is 10.6. The molecule has 0 radical (unpaired) electrons. The highest BCUT2D eigenvalue weighted by atomic mass is 28.4. The molecule has 0 N–H and O–H groups in total. The third kappa shape index (κ3) is 9.65. The van der Waals surface area contributed by atoms with Crippen molar-refractivity contribution in [3.63, 3.8) is 0 Å². The van der Waals surface area contributed by atoms with Gasteiger partial charge in [-0.1, -0.05) is 47.6 Å². The fraction of sp³-hybridized carbons (Fsp3) is 0.625. The highest BCUT2D eigenvalue weighted by molar-refractivity contribution is 6.77. The molecule has 0 bridgehead atoms. The first-order valence-electron chi connectivity index (χ1n) is 17.9. The highest BCUT2D eigenvalue weighted by Crippen LogP contribution is 2.49. The maximum absolute atomic E-state index is 14.9. The van der Waals surface area contributed by atoms with Gasteiger partial charge in [-0.25, -0.2) is 0 Å². The molecular weight excluding hydrogens is 669 g/mol. The van der Waals surface area contributed by atoms with E-state index in [9.17, 15) is 14.4 Å². The van der Waals surface area contributed by atoms with Crippen LogP contribution in [0.25, 0.3) is 0 Å². The summed E-state index contributed by atoms with van der Waals surface area (Å²) in [5, 5.41) is 0. The standard InChI is InChI=1S/C40H60O10Si/c1-24(2)51(25(3)4,26(5)6)50-36(28-16-17-31(44-13)33(20-28)45-14)30(22-47-38(43)40(10,11)12)29(21-46-37(42)39(7,8)9)35(41)27-15-18-32-34(19-27)49-23-48-32/h15-20,24-26,29-30,36H,21-23H2,1-14H3/t29-,30-,36+/m1/s1. The molecule has 1 heterocycles. The smallest absolute Gasteiger partial charge is 0.311 e. The lowest BCUT2D eigenvalue weighted by molar-refractivity contribution is -0.160. The van der Waals surface area contributed by atoms with Crippen LogP contribution in [0.2, 0.25) is 16.6 Å². The van der Waals surface area contributed by atoms with Crippen molar-refractivity contribution < 1.29 is 47.2 Å². The number of Topliss-reactive ketones (excluding diaryl/α,β-unsaturated/α-hetero) is 1. The van der Waals surface area contributed by atoms with Gasteiger partial charge in [0.05, 0.1) is 43.7 Å². The Hall–Kier alpha value is -3.57. The second-order valence-corrected chi connectivity index (χ2v) is 21.8. The van der Waals surface area contributed by atoms with Crippen LogP contribution in [0.4, 0.5) is 0 Å². The minimum Gasteiger partial charge on any atom is -0.493 e. The van der Waals surface area contributed by atoms with E-state index in [0.29, 0.717) is 34.1 Å². The Morgan fingerprint density at radius 3 is 1.75 bits per heavy atom. The zero-order chi connectivity index (χ0) is 38.5. The van der Waals surface area contributed by atoms with E-state index in [0.717, 1.165) is 0 Å². The van der Waals surface area contributed by atoms with Crippen molar-refractivity contribution in [3.05, 3.63) is 47.5 Å². The van der Waals surface area contributed by atoms with Crippen molar-refractivity contribution in [2.45, 2.75) is 106 Å². The van der Waals surface area contributed by atoms with Gasteiger partial charge >= 0.3 is 11.9 Å². The minimum atomic E-state index is -2.70. The van der Waals surface area contributed by atoms with Crippen LogP contribution < -0.4 is 18.9 Å². The van der Waals surface area contributed by atoms with Crippen LogP contribution in [0.1, 0.15) is 105 Å². The zero-order valence-electron chi connectivity index (χ0n) is 33.1. The van der Waals surface area contributed by atoms with Gasteiger partial charge in [-0.15, -0.1) is 0 Å². The second kappa shape index (κ2) is 16.8. The molecule has 11 heteroatoms. The number of carbonyl (C=O) groups is 3. The first kappa shape index (κ1) is 41.8. The van der Waals surface area contributed by atoms with Gasteiger partial charge in [0.1, 0.15) is 6.61 Å². The average molecular weight is 729 g/mol. The third-order valence-corrected chi connectivity index (χ3v) is 15.8. The van der Waals surface area contributed by atoms with Gasteiger partial charge in [-0.2, -0.15) is 0 Å². The molecule has 0 amide bonds. The predicted molar refractivity (Wildman–Crippen MR) is 199 cm³/mol. The number of ketones is 1. The number of fused-ring (bicyclic) bond motifs is 1. The lowest BCUT2D eigenvalue weighted by Crippen LogP contribution is -2.51. The van der Waals surface area contributed by atoms with Crippen LogP contribution in [-0.4, -0.2) is 60.3 Å². The molecule has 0 spiro atoms. The quantitative estimate of drug-likeness (QED) is 0.0942. The summed E-state index contributed by atoms with van der Waals surface area (Å²) in [6.07, 6.45) is -0.784. The third-order valence-electron chi connectivity index (χ3n) is 9.70. The number of hydrogen-bond donors (Lipinski definition) is 0. The SMILES string of the molecule is COc1ccc([C@H](O[Si](C(C)C)(C(C)C)C(C)C)[C@H](COC(=O)C(C)(C)C)[C@@H](COC(=O)C(C)(C)C)C(=O)c2ccc3c(c2)OCO3)cc1OC. The molecule has 0 saturated carbocycles. The Balaban J connectivity index is 2.37. The molecule has 0 unspecified atom stereocenters. The summed E-state index contributed by atoms with van der Waals surface area (Å²) >= 11 is 0. The molecular formula is C40H60O10Si. The van der Waals surface area contributed by atoms with E-state index < -0.39 is 49.0 Å². The average Bonchev–Trinajstić information content (AvgIpc) is 3.53.